The highest BCUT2D eigenvalue weighted by atomic mass is 16.3. The van der Waals surface area contributed by atoms with E-state index < -0.39 is 5.89 Å². The van der Waals surface area contributed by atoms with E-state index in [9.17, 15) is 0 Å². The van der Waals surface area contributed by atoms with Crippen molar-refractivity contribution in [3.8, 4) is 11.3 Å². The van der Waals surface area contributed by atoms with Gasteiger partial charge in [-0.1, -0.05) is 32.0 Å². The van der Waals surface area contributed by atoms with Crippen molar-refractivity contribution in [2.24, 2.45) is 7.05 Å². The first-order valence-corrected chi connectivity index (χ1v) is 9.47. The number of benzene rings is 2. The molecule has 2 aromatic heterocycles. The Balaban J connectivity index is 2.14. The third kappa shape index (κ3) is 2.68. The van der Waals surface area contributed by atoms with Crippen LogP contribution in [-0.4, -0.2) is 0 Å². The quantitative estimate of drug-likeness (QED) is 0.285. The Morgan fingerprint density at radius 1 is 1.07 bits per heavy atom. The van der Waals surface area contributed by atoms with Crippen molar-refractivity contribution in [2.45, 2.75) is 40.5 Å². The number of hydrogen-bond acceptors (Lipinski definition) is 1. The molecular formula is C25H25N2O+. The van der Waals surface area contributed by atoms with Gasteiger partial charge in [-0.2, -0.15) is 4.57 Å². The molecule has 0 amide bonds. The first-order valence-electron chi connectivity index (χ1n) is 9.97. The molecule has 0 spiro atoms. The summed E-state index contributed by atoms with van der Waals surface area (Å²) in [5.74, 6) is -0.690. The van der Waals surface area contributed by atoms with Crippen LogP contribution in [0.3, 0.4) is 0 Å². The number of pyridine rings is 1. The fourth-order valence-corrected chi connectivity index (χ4v) is 3.97. The third-order valence-electron chi connectivity index (χ3n) is 5.64. The molecular weight excluding hydrogens is 344 g/mol. The maximum Gasteiger partial charge on any atom is 0.216 e. The molecule has 4 rings (SSSR count). The van der Waals surface area contributed by atoms with Crippen LogP contribution in [0, 0.1) is 27.3 Å². The van der Waals surface area contributed by atoms with E-state index in [0.717, 1.165) is 55.6 Å². The average molecular weight is 370 g/mol. The summed E-state index contributed by atoms with van der Waals surface area (Å²) in [6, 6.07) is 12.2. The molecule has 0 unspecified atom stereocenters. The molecule has 0 saturated carbocycles. The van der Waals surface area contributed by atoms with Crippen molar-refractivity contribution < 1.29 is 10.4 Å². The lowest BCUT2D eigenvalue weighted by Crippen LogP contribution is -2.35. The van der Waals surface area contributed by atoms with Gasteiger partial charge in [-0.05, 0) is 42.5 Å². The van der Waals surface area contributed by atoms with Gasteiger partial charge in [-0.15, -0.1) is 0 Å². The zero-order valence-corrected chi connectivity index (χ0v) is 17.3. The van der Waals surface area contributed by atoms with Crippen molar-refractivity contribution >= 4 is 27.6 Å². The second-order valence-corrected chi connectivity index (χ2v) is 7.81. The van der Waals surface area contributed by atoms with Crippen LogP contribution >= 0.6 is 0 Å². The van der Waals surface area contributed by atoms with Crippen LogP contribution in [-0.2, 0) is 7.05 Å². The summed E-state index contributed by atoms with van der Waals surface area (Å²) in [6.07, 6.45) is 0. The second kappa shape index (κ2) is 6.49. The molecule has 3 heteroatoms. The highest BCUT2D eigenvalue weighted by Crippen LogP contribution is 2.40. The van der Waals surface area contributed by atoms with Crippen molar-refractivity contribution in [3.63, 3.8) is 0 Å². The molecule has 0 fully saturated rings. The van der Waals surface area contributed by atoms with Gasteiger partial charge < -0.3 is 4.42 Å². The van der Waals surface area contributed by atoms with E-state index in [1.165, 1.54) is 0 Å². The Bertz CT molecular complexity index is 1330. The van der Waals surface area contributed by atoms with Crippen LogP contribution < -0.4 is 4.57 Å². The number of aryl methyl sites for hydroxylation is 3. The molecule has 3 nitrogen and oxygen atoms in total. The molecule has 0 N–H and O–H groups in total. The zero-order chi connectivity index (χ0) is 21.1. The van der Waals surface area contributed by atoms with Gasteiger partial charge in [0.25, 0.3) is 0 Å². The van der Waals surface area contributed by atoms with Crippen molar-refractivity contribution in [3.05, 3.63) is 70.2 Å². The molecule has 0 atom stereocenters. The summed E-state index contributed by atoms with van der Waals surface area (Å²) in [5.41, 5.74) is 8.47. The summed E-state index contributed by atoms with van der Waals surface area (Å²) in [6.45, 7) is 17.4. The predicted molar refractivity (Wildman–Crippen MR) is 115 cm³/mol. The zero-order valence-electron chi connectivity index (χ0n) is 18.3. The normalized spacial score (nSPS) is 12.4. The Morgan fingerprint density at radius 2 is 1.82 bits per heavy atom. The van der Waals surface area contributed by atoms with Gasteiger partial charge in [0.05, 0.1) is 12.1 Å². The van der Waals surface area contributed by atoms with Crippen LogP contribution in [0.5, 0.6) is 0 Å². The third-order valence-corrected chi connectivity index (χ3v) is 5.64. The lowest BCUT2D eigenvalue weighted by atomic mass is 9.96. The van der Waals surface area contributed by atoms with Crippen molar-refractivity contribution in [1.82, 2.24) is 0 Å². The SMILES string of the molecule is [2H]C(C)(C)c1cc(C)[n+](C)c(-c2c(C)ccc3c2oc2cc([N+]#[C-])cc(C)c23)c1. The van der Waals surface area contributed by atoms with Crippen LogP contribution in [0.15, 0.2) is 40.8 Å². The average Bonchev–Trinajstić information content (AvgIpc) is 3.02. The van der Waals surface area contributed by atoms with Gasteiger partial charge in [-0.25, -0.2) is 4.85 Å². The number of furan rings is 1. The second-order valence-electron chi connectivity index (χ2n) is 7.81. The largest absolute Gasteiger partial charge is 0.456 e. The molecule has 0 aliphatic carbocycles. The monoisotopic (exact) mass is 370 g/mol. The number of aromatic nitrogens is 1. The molecule has 0 aliphatic rings. The summed E-state index contributed by atoms with van der Waals surface area (Å²) in [7, 11) is 2.05. The van der Waals surface area contributed by atoms with Crippen molar-refractivity contribution in [2.75, 3.05) is 0 Å². The van der Waals surface area contributed by atoms with Gasteiger partial charge >= 0.3 is 0 Å². The molecule has 140 valence electrons. The molecule has 0 bridgehead atoms. The molecule has 0 saturated heterocycles. The molecule has 2 aromatic carbocycles. The van der Waals surface area contributed by atoms with E-state index in [1.807, 2.05) is 32.9 Å². The van der Waals surface area contributed by atoms with Crippen LogP contribution in [0.1, 0.15) is 43.5 Å². The van der Waals surface area contributed by atoms with E-state index in [4.69, 9.17) is 12.4 Å². The minimum absolute atomic E-state index is 0.590. The van der Waals surface area contributed by atoms with Crippen LogP contribution in [0.25, 0.3) is 38.0 Å². The first-order chi connectivity index (χ1) is 13.6. The smallest absolute Gasteiger partial charge is 0.216 e. The molecule has 28 heavy (non-hydrogen) atoms. The molecule has 0 aliphatic heterocycles. The summed E-state index contributed by atoms with van der Waals surface area (Å²) in [5, 5.41) is 2.12. The molecule has 0 radical (unpaired) electrons. The summed E-state index contributed by atoms with van der Waals surface area (Å²) >= 11 is 0. The van der Waals surface area contributed by atoms with E-state index in [2.05, 4.69) is 54.6 Å². The molecule has 2 heterocycles. The Hall–Kier alpha value is -3.12. The van der Waals surface area contributed by atoms with E-state index in [0.29, 0.717) is 5.69 Å². The van der Waals surface area contributed by atoms with Gasteiger partial charge in [0.2, 0.25) is 5.69 Å². The van der Waals surface area contributed by atoms with E-state index >= 15 is 0 Å². The standard InChI is InChI=1S/C25H25N2O/c1-14(2)18-11-17(5)27(7)21(12-18)24-15(3)8-9-20-23-16(4)10-19(26-6)13-22(23)28-25(20)24/h8-14H,1-5,7H3/q+1/i14D. The Labute approximate surface area is 167 Å². The summed E-state index contributed by atoms with van der Waals surface area (Å²) in [4.78, 5) is 3.58. The van der Waals surface area contributed by atoms with E-state index in [1.54, 1.807) is 0 Å². The number of fused-ring (bicyclic) bond motifs is 3. The first kappa shape index (κ1) is 17.0. The Kier molecular flexibility index (Phi) is 3.94. The highest BCUT2D eigenvalue weighted by Gasteiger charge is 2.23. The Morgan fingerprint density at radius 3 is 2.50 bits per heavy atom. The topological polar surface area (TPSA) is 21.4 Å². The number of nitrogens with zero attached hydrogens (tertiary/aromatic N) is 2. The maximum absolute atomic E-state index is 8.52. The van der Waals surface area contributed by atoms with Gasteiger partial charge in [0, 0.05) is 31.2 Å². The molecule has 4 aromatic rings. The fourth-order valence-electron chi connectivity index (χ4n) is 3.97. The minimum Gasteiger partial charge on any atom is -0.456 e. The van der Waals surface area contributed by atoms with Crippen molar-refractivity contribution in [1.29, 1.82) is 0 Å². The summed E-state index contributed by atoms with van der Waals surface area (Å²) < 4.78 is 17.0. The van der Waals surface area contributed by atoms with E-state index in [-0.39, 0.29) is 0 Å². The fraction of sp³-hybridized carbons (Fsp3) is 0.280. The highest BCUT2D eigenvalue weighted by molar-refractivity contribution is 6.11. The minimum atomic E-state index is -0.690. The lowest BCUT2D eigenvalue weighted by molar-refractivity contribution is -0.666. The van der Waals surface area contributed by atoms with Gasteiger partial charge in [-0.3, -0.25) is 0 Å². The lowest BCUT2D eigenvalue weighted by Gasteiger charge is -2.11. The maximum atomic E-state index is 8.52. The predicted octanol–water partition coefficient (Wildman–Crippen LogP) is 6.68. The number of hydrogen-bond donors (Lipinski definition) is 0. The van der Waals surface area contributed by atoms with Crippen LogP contribution in [0.4, 0.5) is 5.69 Å². The number of rotatable bonds is 2. The van der Waals surface area contributed by atoms with Gasteiger partial charge in [0.15, 0.2) is 11.4 Å². The van der Waals surface area contributed by atoms with Gasteiger partial charge in [0.1, 0.15) is 18.2 Å². The van der Waals surface area contributed by atoms with Crippen LogP contribution in [0.2, 0.25) is 0 Å².